The smallest absolute Gasteiger partial charge is 0.320 e. The van der Waals surface area contributed by atoms with Gasteiger partial charge in [-0.15, -0.1) is 0 Å². The topological polar surface area (TPSA) is 53.4 Å². The van der Waals surface area contributed by atoms with Gasteiger partial charge in [-0.25, -0.2) is 0 Å². The number of rotatable bonds is 5. The van der Waals surface area contributed by atoms with Gasteiger partial charge in [0.05, 0.1) is 0 Å². The number of hydrogen-bond donors (Lipinski definition) is 1. The summed E-state index contributed by atoms with van der Waals surface area (Å²) >= 11 is 3.64. The summed E-state index contributed by atoms with van der Waals surface area (Å²) in [5, 5.41) is 9.67. The summed E-state index contributed by atoms with van der Waals surface area (Å²) in [6, 6.07) is 13.5. The first-order chi connectivity index (χ1) is 11.7. The maximum atomic E-state index is 11.8. The fourth-order valence-corrected chi connectivity index (χ4v) is 4.01. The van der Waals surface area contributed by atoms with Crippen LogP contribution in [0.2, 0.25) is 0 Å². The maximum absolute atomic E-state index is 11.8. The van der Waals surface area contributed by atoms with E-state index in [0.29, 0.717) is 12.8 Å². The fraction of sp³-hybridized carbons (Fsp3) is 0.368. The van der Waals surface area contributed by atoms with Crippen LogP contribution in [0.5, 0.6) is 0 Å². The van der Waals surface area contributed by atoms with Crippen molar-refractivity contribution in [1.29, 1.82) is 0 Å². The Morgan fingerprint density at radius 3 is 2.75 bits per heavy atom. The molecule has 0 saturated carbocycles. The molecule has 1 fully saturated rings. The average Bonchev–Trinajstić information content (AvgIpc) is 2.61. The molecule has 3 rings (SSSR count). The lowest BCUT2D eigenvalue weighted by Gasteiger charge is -2.39. The largest absolute Gasteiger partial charge is 0.480 e. The number of carbonyl (C=O) groups is 1. The number of likely N-dealkylation sites (tertiary alicyclic amines) is 1. The molecule has 1 aliphatic heterocycles. The molecule has 2 heterocycles. The third kappa shape index (κ3) is 3.84. The molecule has 2 atom stereocenters. The van der Waals surface area contributed by atoms with Crippen LogP contribution < -0.4 is 0 Å². The Bertz CT molecular complexity index is 693. The average molecular weight is 389 g/mol. The van der Waals surface area contributed by atoms with Gasteiger partial charge in [0.2, 0.25) is 0 Å². The highest BCUT2D eigenvalue weighted by Crippen LogP contribution is 2.34. The van der Waals surface area contributed by atoms with Crippen LogP contribution in [-0.4, -0.2) is 33.5 Å². The van der Waals surface area contributed by atoms with E-state index >= 15 is 0 Å². The lowest BCUT2D eigenvalue weighted by molar-refractivity contribution is -0.146. The third-order valence-electron chi connectivity index (χ3n) is 4.62. The predicted molar refractivity (Wildman–Crippen MR) is 96.8 cm³/mol. The lowest BCUT2D eigenvalue weighted by atomic mass is 9.93. The number of hydrogen-bond acceptors (Lipinski definition) is 3. The normalized spacial score (nSPS) is 19.8. The number of carboxylic acid groups (broad SMARTS) is 1. The molecule has 0 spiro atoms. The standard InChI is InChI=1S/C19H21BrN2O2/c20-16-9-2-1-8-15(16)18(13-14-7-3-5-11-21-14)22-12-6-4-10-17(22)19(23)24/h1-3,5,7-9,11,17-18H,4,6,10,12-13H2,(H,23,24). The highest BCUT2D eigenvalue weighted by molar-refractivity contribution is 9.10. The van der Waals surface area contributed by atoms with E-state index in [2.05, 4.69) is 31.9 Å². The fourth-order valence-electron chi connectivity index (χ4n) is 3.46. The van der Waals surface area contributed by atoms with Crippen LogP contribution in [0, 0.1) is 0 Å². The molecule has 2 unspecified atom stereocenters. The highest BCUT2D eigenvalue weighted by Gasteiger charge is 2.35. The summed E-state index contributed by atoms with van der Waals surface area (Å²) in [7, 11) is 0. The first kappa shape index (κ1) is 17.1. The molecule has 1 N–H and O–H groups in total. The lowest BCUT2D eigenvalue weighted by Crippen LogP contribution is -2.47. The Hall–Kier alpha value is -1.72. The monoisotopic (exact) mass is 388 g/mol. The quantitative estimate of drug-likeness (QED) is 0.838. The van der Waals surface area contributed by atoms with Crippen molar-refractivity contribution in [2.75, 3.05) is 6.54 Å². The van der Waals surface area contributed by atoms with Gasteiger partial charge in [0, 0.05) is 28.8 Å². The zero-order valence-corrected chi connectivity index (χ0v) is 15.0. The molecule has 1 aromatic carbocycles. The first-order valence-corrected chi connectivity index (χ1v) is 9.09. The molecule has 4 nitrogen and oxygen atoms in total. The number of aromatic nitrogens is 1. The Morgan fingerprint density at radius 1 is 1.25 bits per heavy atom. The minimum Gasteiger partial charge on any atom is -0.480 e. The van der Waals surface area contributed by atoms with Gasteiger partial charge >= 0.3 is 5.97 Å². The number of pyridine rings is 1. The van der Waals surface area contributed by atoms with Gasteiger partial charge in [0.1, 0.15) is 6.04 Å². The molecule has 5 heteroatoms. The van der Waals surface area contributed by atoms with Crippen LogP contribution in [0.15, 0.2) is 53.1 Å². The van der Waals surface area contributed by atoms with Crippen LogP contribution in [0.25, 0.3) is 0 Å². The van der Waals surface area contributed by atoms with Crippen LogP contribution >= 0.6 is 15.9 Å². The molecular weight excluding hydrogens is 368 g/mol. The second-order valence-corrected chi connectivity index (χ2v) is 7.00. The predicted octanol–water partition coefficient (Wildman–Crippen LogP) is 4.07. The first-order valence-electron chi connectivity index (χ1n) is 8.29. The van der Waals surface area contributed by atoms with Gasteiger partial charge in [-0.2, -0.15) is 0 Å². The third-order valence-corrected chi connectivity index (χ3v) is 5.34. The number of benzene rings is 1. The highest BCUT2D eigenvalue weighted by atomic mass is 79.9. The number of carboxylic acids is 1. The molecule has 1 aliphatic rings. The van der Waals surface area contributed by atoms with Crippen molar-refractivity contribution in [2.24, 2.45) is 0 Å². The molecule has 24 heavy (non-hydrogen) atoms. The molecule has 0 amide bonds. The van der Waals surface area contributed by atoms with Crippen molar-refractivity contribution in [3.05, 3.63) is 64.4 Å². The Kier molecular flexibility index (Phi) is 5.63. The van der Waals surface area contributed by atoms with Crippen LogP contribution in [0.3, 0.4) is 0 Å². The van der Waals surface area contributed by atoms with Gasteiger partial charge in [-0.1, -0.05) is 46.6 Å². The molecule has 2 aromatic rings. The van der Waals surface area contributed by atoms with E-state index in [1.807, 2.05) is 36.4 Å². The minimum atomic E-state index is -0.729. The molecule has 0 radical (unpaired) electrons. The van der Waals surface area contributed by atoms with E-state index in [4.69, 9.17) is 0 Å². The summed E-state index contributed by atoms with van der Waals surface area (Å²) in [5.74, 6) is -0.729. The van der Waals surface area contributed by atoms with Gasteiger partial charge < -0.3 is 5.11 Å². The van der Waals surface area contributed by atoms with Crippen molar-refractivity contribution in [3.63, 3.8) is 0 Å². The summed E-state index contributed by atoms with van der Waals surface area (Å²) < 4.78 is 1.01. The molecule has 0 aliphatic carbocycles. The number of piperidine rings is 1. The van der Waals surface area contributed by atoms with Crippen molar-refractivity contribution in [3.8, 4) is 0 Å². The van der Waals surface area contributed by atoms with Crippen molar-refractivity contribution in [2.45, 2.75) is 37.8 Å². The van der Waals surface area contributed by atoms with Gasteiger partial charge in [0.15, 0.2) is 0 Å². The SMILES string of the molecule is O=C(O)C1CCCCN1C(Cc1ccccn1)c1ccccc1Br. The Morgan fingerprint density at radius 2 is 2.04 bits per heavy atom. The van der Waals surface area contributed by atoms with Gasteiger partial charge in [-0.3, -0.25) is 14.7 Å². The minimum absolute atomic E-state index is 0.00289. The Balaban J connectivity index is 1.97. The zero-order chi connectivity index (χ0) is 16.9. The summed E-state index contributed by atoms with van der Waals surface area (Å²) in [4.78, 5) is 18.4. The van der Waals surface area contributed by atoms with Crippen LogP contribution in [0.1, 0.15) is 36.6 Å². The second kappa shape index (κ2) is 7.90. The Labute approximate surface area is 150 Å². The van der Waals surface area contributed by atoms with Crippen molar-refractivity contribution in [1.82, 2.24) is 9.88 Å². The maximum Gasteiger partial charge on any atom is 0.320 e. The molecular formula is C19H21BrN2O2. The zero-order valence-electron chi connectivity index (χ0n) is 13.4. The van der Waals surface area contributed by atoms with E-state index in [-0.39, 0.29) is 6.04 Å². The molecule has 1 saturated heterocycles. The van der Waals surface area contributed by atoms with Crippen LogP contribution in [-0.2, 0) is 11.2 Å². The second-order valence-electron chi connectivity index (χ2n) is 6.15. The van der Waals surface area contributed by atoms with E-state index in [1.54, 1.807) is 6.20 Å². The summed E-state index contributed by atoms with van der Waals surface area (Å²) in [6.07, 6.45) is 5.20. The molecule has 126 valence electrons. The van der Waals surface area contributed by atoms with Gasteiger partial charge in [-0.05, 0) is 43.1 Å². The van der Waals surface area contributed by atoms with E-state index < -0.39 is 12.0 Å². The van der Waals surface area contributed by atoms with Crippen molar-refractivity contribution >= 4 is 21.9 Å². The number of nitrogens with zero attached hydrogens (tertiary/aromatic N) is 2. The van der Waals surface area contributed by atoms with Crippen LogP contribution in [0.4, 0.5) is 0 Å². The number of halogens is 1. The van der Waals surface area contributed by atoms with Gasteiger partial charge in [0.25, 0.3) is 0 Å². The molecule has 1 aromatic heterocycles. The number of aliphatic carboxylic acids is 1. The van der Waals surface area contributed by atoms with E-state index in [9.17, 15) is 9.90 Å². The summed E-state index contributed by atoms with van der Waals surface area (Å²) in [6.45, 7) is 0.801. The van der Waals surface area contributed by atoms with E-state index in [0.717, 1.165) is 35.1 Å². The van der Waals surface area contributed by atoms with Crippen molar-refractivity contribution < 1.29 is 9.90 Å². The molecule has 0 bridgehead atoms. The summed E-state index contributed by atoms with van der Waals surface area (Å²) in [5.41, 5.74) is 2.10. The van der Waals surface area contributed by atoms with E-state index in [1.165, 1.54) is 0 Å².